The first-order valence-corrected chi connectivity index (χ1v) is 5.09. The normalized spacial score (nSPS) is 9.64. The minimum absolute atomic E-state index is 0.108. The average Bonchev–Trinajstić information content (AvgIpc) is 2.18. The van der Waals surface area contributed by atoms with Gasteiger partial charge in [0.1, 0.15) is 5.82 Å². The predicted octanol–water partition coefficient (Wildman–Crippen LogP) is 1.64. The molecule has 1 heterocycles. The second-order valence-corrected chi connectivity index (χ2v) is 3.52. The van der Waals surface area contributed by atoms with E-state index in [9.17, 15) is 4.79 Å². The van der Waals surface area contributed by atoms with E-state index in [2.05, 4.69) is 31.5 Å². The largest absolute Gasteiger partial charge is 0.372 e. The van der Waals surface area contributed by atoms with Crippen molar-refractivity contribution in [1.29, 1.82) is 0 Å². The van der Waals surface area contributed by atoms with E-state index < -0.39 is 0 Å². The molecule has 0 fully saturated rings. The lowest BCUT2D eigenvalue weighted by Gasteiger charge is -2.05. The van der Waals surface area contributed by atoms with Crippen LogP contribution in [0.25, 0.3) is 0 Å². The van der Waals surface area contributed by atoms with Crippen LogP contribution in [0.5, 0.6) is 0 Å². The van der Waals surface area contributed by atoms with Crippen molar-refractivity contribution >= 4 is 27.7 Å². The molecule has 14 heavy (non-hydrogen) atoms. The topological polar surface area (TPSA) is 54.0 Å². The monoisotopic (exact) mass is 257 g/mol. The Labute approximate surface area is 91.2 Å². The molecule has 0 saturated heterocycles. The number of hydrogen-bond acceptors (Lipinski definition) is 3. The number of carbonyl (C=O) groups is 1. The van der Waals surface area contributed by atoms with Crippen LogP contribution in [0.1, 0.15) is 17.3 Å². The molecule has 1 aromatic rings. The number of halogens is 1. The minimum atomic E-state index is -0.108. The molecule has 0 aliphatic heterocycles. The Balaban J connectivity index is 2.91. The maximum absolute atomic E-state index is 11.4. The summed E-state index contributed by atoms with van der Waals surface area (Å²) < 4.78 is 0.781. The molecule has 5 heteroatoms. The lowest BCUT2D eigenvalue weighted by Crippen LogP contribution is -2.22. The van der Waals surface area contributed by atoms with Crippen molar-refractivity contribution in [1.82, 2.24) is 10.3 Å². The van der Waals surface area contributed by atoms with Crippen molar-refractivity contribution < 1.29 is 4.79 Å². The van der Waals surface area contributed by atoms with Crippen LogP contribution in [-0.4, -0.2) is 24.5 Å². The smallest absolute Gasteiger partial charge is 0.252 e. The number of nitrogens with zero attached hydrogens (tertiary/aromatic N) is 1. The zero-order chi connectivity index (χ0) is 10.6. The van der Waals surface area contributed by atoms with Gasteiger partial charge in [0.25, 0.3) is 5.91 Å². The molecule has 0 radical (unpaired) electrons. The van der Waals surface area contributed by atoms with Gasteiger partial charge in [0, 0.05) is 19.8 Å². The van der Waals surface area contributed by atoms with E-state index in [1.807, 2.05) is 6.92 Å². The van der Waals surface area contributed by atoms with Gasteiger partial charge in [-0.05, 0) is 28.9 Å². The third-order valence-electron chi connectivity index (χ3n) is 1.68. The first-order chi connectivity index (χ1) is 6.69. The van der Waals surface area contributed by atoms with Gasteiger partial charge in [-0.2, -0.15) is 0 Å². The molecule has 2 N–H and O–H groups in total. The first kappa shape index (κ1) is 11.0. The Hall–Kier alpha value is -1.10. The second-order valence-electron chi connectivity index (χ2n) is 2.66. The molecule has 0 aromatic carbocycles. The van der Waals surface area contributed by atoms with Gasteiger partial charge < -0.3 is 10.6 Å². The number of amides is 1. The highest BCUT2D eigenvalue weighted by Crippen LogP contribution is 2.19. The van der Waals surface area contributed by atoms with E-state index >= 15 is 0 Å². The van der Waals surface area contributed by atoms with Gasteiger partial charge in [-0.3, -0.25) is 4.79 Å². The Morgan fingerprint density at radius 1 is 1.64 bits per heavy atom. The van der Waals surface area contributed by atoms with Crippen LogP contribution < -0.4 is 10.6 Å². The molecule has 1 rings (SSSR count). The lowest BCUT2D eigenvalue weighted by atomic mass is 10.2. The number of rotatable bonds is 3. The number of nitrogens with one attached hydrogen (secondary N) is 2. The van der Waals surface area contributed by atoms with Crippen molar-refractivity contribution in [2.75, 3.05) is 18.9 Å². The Morgan fingerprint density at radius 3 is 2.86 bits per heavy atom. The van der Waals surface area contributed by atoms with E-state index in [0.29, 0.717) is 12.1 Å². The summed E-state index contributed by atoms with van der Waals surface area (Å²) in [7, 11) is 1.78. The second kappa shape index (κ2) is 4.95. The van der Waals surface area contributed by atoms with Crippen molar-refractivity contribution in [3.63, 3.8) is 0 Å². The fourth-order valence-corrected chi connectivity index (χ4v) is 1.56. The molecular formula is C9H12BrN3O. The SMILES string of the molecule is CCNC(=O)c1cnc(NC)c(Br)c1. The Kier molecular flexibility index (Phi) is 3.88. The van der Waals surface area contributed by atoms with Crippen LogP contribution in [0.4, 0.5) is 5.82 Å². The van der Waals surface area contributed by atoms with Crippen molar-refractivity contribution in [2.45, 2.75) is 6.92 Å². The van der Waals surface area contributed by atoms with Crippen LogP contribution in [0.3, 0.4) is 0 Å². The third-order valence-corrected chi connectivity index (χ3v) is 2.28. The molecule has 1 aromatic heterocycles. The molecule has 0 bridgehead atoms. The molecule has 4 nitrogen and oxygen atoms in total. The highest BCUT2D eigenvalue weighted by atomic mass is 79.9. The van der Waals surface area contributed by atoms with E-state index in [1.165, 1.54) is 0 Å². The van der Waals surface area contributed by atoms with Crippen LogP contribution in [0.2, 0.25) is 0 Å². The van der Waals surface area contributed by atoms with Gasteiger partial charge >= 0.3 is 0 Å². The quantitative estimate of drug-likeness (QED) is 0.866. The van der Waals surface area contributed by atoms with Crippen molar-refractivity contribution in [2.24, 2.45) is 0 Å². The summed E-state index contributed by atoms with van der Waals surface area (Å²) >= 11 is 3.32. The molecule has 0 unspecified atom stereocenters. The first-order valence-electron chi connectivity index (χ1n) is 4.30. The maximum Gasteiger partial charge on any atom is 0.252 e. The summed E-state index contributed by atoms with van der Waals surface area (Å²) in [5, 5.41) is 5.61. The molecule has 0 atom stereocenters. The average molecular weight is 258 g/mol. The standard InChI is InChI=1S/C9H12BrN3O/c1-3-12-9(14)6-4-7(10)8(11-2)13-5-6/h4-5H,3H2,1-2H3,(H,11,13)(H,12,14). The van der Waals surface area contributed by atoms with Crippen molar-refractivity contribution in [3.8, 4) is 0 Å². The lowest BCUT2D eigenvalue weighted by molar-refractivity contribution is 0.0955. The van der Waals surface area contributed by atoms with Gasteiger partial charge in [-0.15, -0.1) is 0 Å². The summed E-state index contributed by atoms with van der Waals surface area (Å²) in [5.74, 6) is 0.612. The molecule has 76 valence electrons. The van der Waals surface area contributed by atoms with Crippen LogP contribution in [0, 0.1) is 0 Å². The summed E-state index contributed by atoms with van der Waals surface area (Å²) in [5.41, 5.74) is 0.553. The summed E-state index contributed by atoms with van der Waals surface area (Å²) in [6.45, 7) is 2.49. The molecule has 0 saturated carbocycles. The van der Waals surface area contributed by atoms with Gasteiger partial charge in [0.05, 0.1) is 10.0 Å². The molecule has 0 spiro atoms. The number of aromatic nitrogens is 1. The predicted molar refractivity (Wildman–Crippen MR) is 59.5 cm³/mol. The molecule has 1 amide bonds. The molecule has 0 aliphatic carbocycles. The van der Waals surface area contributed by atoms with Gasteiger partial charge in [-0.1, -0.05) is 0 Å². The Bertz CT molecular complexity index is 341. The molecule has 0 aliphatic rings. The number of hydrogen-bond donors (Lipinski definition) is 2. The van der Waals surface area contributed by atoms with E-state index in [-0.39, 0.29) is 5.91 Å². The van der Waals surface area contributed by atoms with Gasteiger partial charge in [0.15, 0.2) is 0 Å². The van der Waals surface area contributed by atoms with E-state index in [1.54, 1.807) is 19.3 Å². The van der Waals surface area contributed by atoms with Crippen LogP contribution in [0.15, 0.2) is 16.7 Å². The summed E-state index contributed by atoms with van der Waals surface area (Å²) in [4.78, 5) is 15.5. The summed E-state index contributed by atoms with van der Waals surface area (Å²) in [6, 6.07) is 1.74. The number of pyridine rings is 1. The van der Waals surface area contributed by atoms with E-state index in [4.69, 9.17) is 0 Å². The maximum atomic E-state index is 11.4. The number of anilines is 1. The van der Waals surface area contributed by atoms with Crippen LogP contribution >= 0.6 is 15.9 Å². The Morgan fingerprint density at radius 2 is 2.36 bits per heavy atom. The van der Waals surface area contributed by atoms with Gasteiger partial charge in [-0.25, -0.2) is 4.98 Å². The zero-order valence-corrected chi connectivity index (χ0v) is 9.68. The minimum Gasteiger partial charge on any atom is -0.372 e. The molecular weight excluding hydrogens is 246 g/mol. The fraction of sp³-hybridized carbons (Fsp3) is 0.333. The fourth-order valence-electron chi connectivity index (χ4n) is 1.01. The van der Waals surface area contributed by atoms with Crippen LogP contribution in [-0.2, 0) is 0 Å². The van der Waals surface area contributed by atoms with Gasteiger partial charge in [0.2, 0.25) is 0 Å². The summed E-state index contributed by atoms with van der Waals surface area (Å²) in [6.07, 6.45) is 1.54. The third kappa shape index (κ3) is 2.45. The van der Waals surface area contributed by atoms with Crippen molar-refractivity contribution in [3.05, 3.63) is 22.3 Å². The highest BCUT2D eigenvalue weighted by molar-refractivity contribution is 9.10. The van der Waals surface area contributed by atoms with E-state index in [0.717, 1.165) is 10.3 Å². The zero-order valence-electron chi connectivity index (χ0n) is 8.10. The highest BCUT2D eigenvalue weighted by Gasteiger charge is 2.07. The number of carbonyl (C=O) groups excluding carboxylic acids is 1.